The number of hydrogen-bond acceptors (Lipinski definition) is 8. The number of hydrogen-bond donors (Lipinski definition) is 2. The number of rotatable bonds is 6. The van der Waals surface area contributed by atoms with Crippen LogP contribution in [0.5, 0.6) is 0 Å². The third-order valence-electron chi connectivity index (χ3n) is 4.64. The van der Waals surface area contributed by atoms with Gasteiger partial charge in [-0.05, 0) is 30.5 Å². The molecule has 4 rings (SSSR count). The first-order valence-electron chi connectivity index (χ1n) is 9.77. The predicted molar refractivity (Wildman–Crippen MR) is 123 cm³/mol. The lowest BCUT2D eigenvalue weighted by atomic mass is 10.1. The van der Waals surface area contributed by atoms with Crippen LogP contribution in [-0.2, 0) is 9.53 Å². The van der Waals surface area contributed by atoms with Crippen molar-refractivity contribution < 1.29 is 9.53 Å². The number of pyridine rings is 1. The Morgan fingerprint density at radius 3 is 2.87 bits per heavy atom. The van der Waals surface area contributed by atoms with Crippen LogP contribution in [0.3, 0.4) is 0 Å². The van der Waals surface area contributed by atoms with Gasteiger partial charge < -0.3 is 15.4 Å². The van der Waals surface area contributed by atoms with Crippen molar-refractivity contribution in [1.82, 2.24) is 20.5 Å². The Kier molecular flexibility index (Phi) is 6.15. The molecule has 0 spiro atoms. The van der Waals surface area contributed by atoms with E-state index in [9.17, 15) is 4.79 Å². The number of nitrogens with zero attached hydrogens (tertiary/aromatic N) is 4. The van der Waals surface area contributed by atoms with E-state index in [4.69, 9.17) is 4.74 Å². The van der Waals surface area contributed by atoms with Crippen LogP contribution in [0.2, 0.25) is 0 Å². The van der Waals surface area contributed by atoms with E-state index >= 15 is 0 Å². The van der Waals surface area contributed by atoms with Crippen molar-refractivity contribution >= 4 is 39.7 Å². The van der Waals surface area contributed by atoms with Gasteiger partial charge in [0.15, 0.2) is 5.90 Å². The molecule has 3 heterocycles. The number of aliphatic imine (C=N–C) groups is 1. The van der Waals surface area contributed by atoms with E-state index in [1.807, 2.05) is 31.2 Å². The monoisotopic (exact) mass is 434 g/mol. The molecule has 0 atom stereocenters. The highest BCUT2D eigenvalue weighted by Gasteiger charge is 2.18. The fraction of sp³-hybridized carbons (Fsp3) is 0.227. The van der Waals surface area contributed by atoms with E-state index in [0.29, 0.717) is 11.7 Å². The number of ether oxygens (including phenoxy) is 1. The Morgan fingerprint density at radius 2 is 2.16 bits per heavy atom. The Hall–Kier alpha value is -3.43. The van der Waals surface area contributed by atoms with E-state index < -0.39 is 0 Å². The van der Waals surface area contributed by atoms with Gasteiger partial charge in [0.2, 0.25) is 0 Å². The number of fused-ring (bicyclic) bond motifs is 1. The summed E-state index contributed by atoms with van der Waals surface area (Å²) < 4.78 is 5.60. The molecule has 9 heteroatoms. The molecule has 0 bridgehead atoms. The third kappa shape index (κ3) is 5.19. The molecule has 0 radical (unpaired) electrons. The maximum atomic E-state index is 12.4. The molecule has 2 aromatic heterocycles. The summed E-state index contributed by atoms with van der Waals surface area (Å²) in [6.45, 7) is 9.15. The fourth-order valence-electron chi connectivity index (χ4n) is 2.88. The van der Waals surface area contributed by atoms with Crippen molar-refractivity contribution in [3.05, 3.63) is 59.9 Å². The Bertz CT molecular complexity index is 1200. The first-order valence-corrected chi connectivity index (χ1v) is 10.6. The van der Waals surface area contributed by atoms with Crippen molar-refractivity contribution in [3.63, 3.8) is 0 Å². The van der Waals surface area contributed by atoms with E-state index in [2.05, 4.69) is 37.4 Å². The number of amides is 1. The lowest BCUT2D eigenvalue weighted by Gasteiger charge is -2.27. The smallest absolute Gasteiger partial charge is 0.256 e. The highest BCUT2D eigenvalue weighted by molar-refractivity contribution is 7.14. The topological polar surface area (TPSA) is 101 Å². The molecule has 1 aliphatic rings. The van der Waals surface area contributed by atoms with Gasteiger partial charge in [-0.1, -0.05) is 30.0 Å². The van der Waals surface area contributed by atoms with Crippen LogP contribution in [0.1, 0.15) is 11.9 Å². The largest absolute Gasteiger partial charge is 0.475 e. The summed E-state index contributed by atoms with van der Waals surface area (Å²) in [6.07, 6.45) is 4.93. The minimum absolute atomic E-state index is 0.166. The minimum Gasteiger partial charge on any atom is -0.475 e. The number of nitrogens with one attached hydrogen (secondary N) is 2. The van der Waals surface area contributed by atoms with E-state index in [1.54, 1.807) is 13.1 Å². The van der Waals surface area contributed by atoms with Crippen LogP contribution in [0, 0.1) is 6.92 Å². The molecule has 1 aromatic carbocycles. The number of anilines is 1. The number of aromatic nitrogens is 3. The van der Waals surface area contributed by atoms with E-state index in [0.717, 1.165) is 39.4 Å². The van der Waals surface area contributed by atoms with E-state index in [1.165, 1.54) is 23.6 Å². The van der Waals surface area contributed by atoms with Crippen LogP contribution < -0.4 is 10.6 Å². The molecule has 8 nitrogen and oxygen atoms in total. The third-order valence-corrected chi connectivity index (χ3v) is 5.53. The number of carbonyl (C=O) groups excluding carboxylic acids is 1. The Labute approximate surface area is 183 Å². The Morgan fingerprint density at radius 1 is 1.32 bits per heavy atom. The molecule has 0 saturated carbocycles. The molecule has 0 unspecified atom stereocenters. The number of benzene rings is 1. The van der Waals surface area contributed by atoms with Crippen molar-refractivity contribution in [2.75, 3.05) is 18.4 Å². The standard InChI is InChI=1S/C22H22N6O2S/c1-13(6-7-24-14(2)30-19-11-23-12-19)21(29)26-20-9-18-8-16(4-5-17(18)10-25-20)22-28-27-15(3)31-22/h4-10,19,23H,1,11-12H2,2-3H3,(H,25,26,29)/b7-6-,24-14+. The molecule has 1 amide bonds. The molecule has 3 aromatic rings. The number of aryl methyl sites for hydroxylation is 1. The average Bonchev–Trinajstić information content (AvgIpc) is 3.16. The van der Waals surface area contributed by atoms with E-state index in [-0.39, 0.29) is 17.6 Å². The average molecular weight is 435 g/mol. The maximum Gasteiger partial charge on any atom is 0.256 e. The fourth-order valence-corrected chi connectivity index (χ4v) is 3.57. The molecular formula is C22H22N6O2S. The van der Waals surface area contributed by atoms with Gasteiger partial charge in [-0.25, -0.2) is 9.98 Å². The normalized spacial score (nSPS) is 14.6. The van der Waals surface area contributed by atoms with Gasteiger partial charge in [0.25, 0.3) is 5.91 Å². The van der Waals surface area contributed by atoms with Gasteiger partial charge >= 0.3 is 0 Å². The zero-order valence-corrected chi connectivity index (χ0v) is 18.1. The molecule has 1 fully saturated rings. The van der Waals surface area contributed by atoms with Gasteiger partial charge in [0.1, 0.15) is 21.9 Å². The van der Waals surface area contributed by atoms with Gasteiger partial charge in [0, 0.05) is 48.9 Å². The van der Waals surface area contributed by atoms with Crippen molar-refractivity contribution in [2.45, 2.75) is 20.0 Å². The lowest BCUT2D eigenvalue weighted by Crippen LogP contribution is -2.49. The quantitative estimate of drug-likeness (QED) is 0.267. The molecule has 31 heavy (non-hydrogen) atoms. The molecule has 158 valence electrons. The van der Waals surface area contributed by atoms with Crippen molar-refractivity contribution in [3.8, 4) is 10.6 Å². The van der Waals surface area contributed by atoms with Gasteiger partial charge in [0.05, 0.1) is 0 Å². The van der Waals surface area contributed by atoms with Gasteiger partial charge in [-0.3, -0.25) is 4.79 Å². The zero-order valence-electron chi connectivity index (χ0n) is 17.3. The first-order chi connectivity index (χ1) is 15.0. The minimum atomic E-state index is -0.351. The van der Waals surface area contributed by atoms with Crippen molar-refractivity contribution in [1.29, 1.82) is 0 Å². The van der Waals surface area contributed by atoms with Crippen LogP contribution in [0.25, 0.3) is 21.3 Å². The van der Waals surface area contributed by atoms with Gasteiger partial charge in [-0.15, -0.1) is 10.2 Å². The summed E-state index contributed by atoms with van der Waals surface area (Å²) in [5.41, 5.74) is 1.24. The first kappa shape index (κ1) is 20.8. The van der Waals surface area contributed by atoms with Crippen molar-refractivity contribution in [2.24, 2.45) is 4.99 Å². The van der Waals surface area contributed by atoms with Gasteiger partial charge in [-0.2, -0.15) is 0 Å². The molecule has 1 aliphatic heterocycles. The summed E-state index contributed by atoms with van der Waals surface area (Å²) in [4.78, 5) is 20.9. The number of carbonyl (C=O) groups is 1. The summed E-state index contributed by atoms with van der Waals surface area (Å²) in [5.74, 6) is 0.641. The highest BCUT2D eigenvalue weighted by Crippen LogP contribution is 2.27. The van der Waals surface area contributed by atoms with Crippen LogP contribution in [0.4, 0.5) is 5.82 Å². The molecule has 0 aliphatic carbocycles. The van der Waals surface area contributed by atoms with Crippen LogP contribution >= 0.6 is 11.3 Å². The summed E-state index contributed by atoms with van der Waals surface area (Å²) >= 11 is 1.54. The second kappa shape index (κ2) is 9.15. The van der Waals surface area contributed by atoms with Crippen LogP contribution in [0.15, 0.2) is 59.9 Å². The zero-order chi connectivity index (χ0) is 21.8. The molecule has 1 saturated heterocycles. The SMILES string of the molecule is C=C(/C=C\N=C(/C)OC1CNC1)C(=O)Nc1cc2cc(-c3nnc(C)s3)ccc2cn1. The highest BCUT2D eigenvalue weighted by atomic mass is 32.1. The lowest BCUT2D eigenvalue weighted by molar-refractivity contribution is -0.112. The maximum absolute atomic E-state index is 12.4. The second-order valence-corrected chi connectivity index (χ2v) is 8.28. The summed E-state index contributed by atoms with van der Waals surface area (Å²) in [5, 5.41) is 17.8. The van der Waals surface area contributed by atoms with Crippen LogP contribution in [-0.4, -0.2) is 46.2 Å². The molecular weight excluding hydrogens is 412 g/mol. The predicted octanol–water partition coefficient (Wildman–Crippen LogP) is 3.48. The second-order valence-electron chi connectivity index (χ2n) is 7.10. The molecule has 2 N–H and O–H groups in total. The summed E-state index contributed by atoms with van der Waals surface area (Å²) in [7, 11) is 0. The summed E-state index contributed by atoms with van der Waals surface area (Å²) in [6, 6.07) is 7.80. The Balaban J connectivity index is 1.42.